The number of carboxylic acids is 2. The molecule has 0 unspecified atom stereocenters. The van der Waals surface area contributed by atoms with E-state index >= 15 is 0 Å². The first-order chi connectivity index (χ1) is 8.02. The van der Waals surface area contributed by atoms with Crippen LogP contribution in [0.4, 0.5) is 0 Å². The third-order valence-corrected chi connectivity index (χ3v) is 2.17. The van der Waals surface area contributed by atoms with Gasteiger partial charge in [-0.3, -0.25) is 0 Å². The molecule has 1 rings (SSSR count). The first kappa shape index (κ1) is 20.9. The summed E-state index contributed by atoms with van der Waals surface area (Å²) in [5.74, 6) is -3.07. The fourth-order valence-electron chi connectivity index (χ4n) is 1.20. The molecule has 0 aliphatic rings. The van der Waals surface area contributed by atoms with Crippen molar-refractivity contribution in [2.45, 2.75) is 6.92 Å². The van der Waals surface area contributed by atoms with Crippen LogP contribution >= 0.6 is 0 Å². The quantitative estimate of drug-likeness (QED) is 0.311. The van der Waals surface area contributed by atoms with Gasteiger partial charge in [-0.2, -0.15) is 0 Å². The van der Waals surface area contributed by atoms with Crippen molar-refractivity contribution in [2.75, 3.05) is 0 Å². The smallest absolute Gasteiger partial charge is 0.545 e. The van der Waals surface area contributed by atoms with Gasteiger partial charge in [-0.1, -0.05) is 42.5 Å². The summed E-state index contributed by atoms with van der Waals surface area (Å²) in [6, 6.07) is 8.91. The zero-order valence-corrected chi connectivity index (χ0v) is 15.2. The van der Waals surface area contributed by atoms with E-state index in [1.807, 2.05) is 6.07 Å². The Labute approximate surface area is 155 Å². The summed E-state index contributed by atoms with van der Waals surface area (Å²) in [6.45, 7) is 1.16. The van der Waals surface area contributed by atoms with Gasteiger partial charge in [0.2, 0.25) is 0 Å². The van der Waals surface area contributed by atoms with Gasteiger partial charge in [-0.25, -0.2) is 0 Å². The summed E-state index contributed by atoms with van der Waals surface area (Å²) in [6.07, 6.45) is 2.69. The molecular formula is C13H10Na2O4. The van der Waals surface area contributed by atoms with E-state index in [1.54, 1.807) is 24.3 Å². The third-order valence-electron chi connectivity index (χ3n) is 2.17. The number of carbonyl (C=O) groups is 2. The Hall–Kier alpha value is -0.360. The van der Waals surface area contributed by atoms with Gasteiger partial charge in [0, 0.05) is 5.57 Å². The van der Waals surface area contributed by atoms with Crippen molar-refractivity contribution in [3.63, 3.8) is 0 Å². The molecule has 0 radical (unpaired) electrons. The second-order valence-corrected chi connectivity index (χ2v) is 3.36. The van der Waals surface area contributed by atoms with Gasteiger partial charge in [0.25, 0.3) is 0 Å². The van der Waals surface area contributed by atoms with Crippen molar-refractivity contribution in [1.82, 2.24) is 0 Å². The molecule has 0 N–H and O–H groups in total. The van der Waals surface area contributed by atoms with Crippen LogP contribution in [0.3, 0.4) is 0 Å². The van der Waals surface area contributed by atoms with Crippen LogP contribution in [-0.4, -0.2) is 11.9 Å². The molecule has 1 aromatic rings. The van der Waals surface area contributed by atoms with Crippen LogP contribution in [0.15, 0.2) is 47.6 Å². The van der Waals surface area contributed by atoms with Gasteiger partial charge in [0.15, 0.2) is 0 Å². The number of rotatable bonds is 4. The molecule has 0 bridgehead atoms. The molecule has 0 saturated carbocycles. The Morgan fingerprint density at radius 1 is 1.00 bits per heavy atom. The molecule has 0 amide bonds. The van der Waals surface area contributed by atoms with Crippen molar-refractivity contribution < 1.29 is 78.9 Å². The van der Waals surface area contributed by atoms with E-state index in [0.29, 0.717) is 0 Å². The normalized spacial score (nSPS) is 11.0. The summed E-state index contributed by atoms with van der Waals surface area (Å²) in [4.78, 5) is 21.3. The minimum Gasteiger partial charge on any atom is -0.545 e. The number of carbonyl (C=O) groups excluding carboxylic acids is 2. The second kappa shape index (κ2) is 10.4. The summed E-state index contributed by atoms with van der Waals surface area (Å²) in [7, 11) is 0. The number of carboxylic acid groups (broad SMARTS) is 2. The molecule has 0 aromatic heterocycles. The van der Waals surface area contributed by atoms with E-state index < -0.39 is 17.5 Å². The monoisotopic (exact) mass is 276 g/mol. The van der Waals surface area contributed by atoms with Crippen molar-refractivity contribution >= 4 is 18.0 Å². The van der Waals surface area contributed by atoms with Crippen LogP contribution in [0.5, 0.6) is 0 Å². The molecule has 0 spiro atoms. The van der Waals surface area contributed by atoms with Crippen LogP contribution in [0.2, 0.25) is 0 Å². The summed E-state index contributed by atoms with van der Waals surface area (Å²) in [5, 5.41) is 21.3. The van der Waals surface area contributed by atoms with Gasteiger partial charge >= 0.3 is 59.1 Å². The van der Waals surface area contributed by atoms with E-state index in [9.17, 15) is 19.8 Å². The van der Waals surface area contributed by atoms with Gasteiger partial charge in [0.05, 0.1) is 11.9 Å². The maximum Gasteiger partial charge on any atom is 1.00 e. The maximum absolute atomic E-state index is 10.8. The molecule has 0 saturated heterocycles. The largest absolute Gasteiger partial charge is 1.00 e. The summed E-state index contributed by atoms with van der Waals surface area (Å²) >= 11 is 0. The van der Waals surface area contributed by atoms with Crippen molar-refractivity contribution in [1.29, 1.82) is 0 Å². The van der Waals surface area contributed by atoms with Gasteiger partial charge in [0.1, 0.15) is 0 Å². The van der Waals surface area contributed by atoms with Crippen LogP contribution in [0.1, 0.15) is 12.5 Å². The van der Waals surface area contributed by atoms with Crippen LogP contribution in [0, 0.1) is 0 Å². The molecule has 6 heteroatoms. The van der Waals surface area contributed by atoms with Crippen LogP contribution in [0.25, 0.3) is 6.08 Å². The van der Waals surface area contributed by atoms with Crippen molar-refractivity contribution in [2.24, 2.45) is 0 Å². The topological polar surface area (TPSA) is 80.3 Å². The summed E-state index contributed by atoms with van der Waals surface area (Å²) in [5.41, 5.74) is 0.00318. The Morgan fingerprint density at radius 2 is 1.53 bits per heavy atom. The minimum absolute atomic E-state index is 0. The van der Waals surface area contributed by atoms with Crippen molar-refractivity contribution in [3.8, 4) is 0 Å². The molecule has 19 heavy (non-hydrogen) atoms. The Bertz CT molecular complexity index is 493. The van der Waals surface area contributed by atoms with E-state index in [1.165, 1.54) is 12.2 Å². The molecular weight excluding hydrogens is 266 g/mol. The predicted molar refractivity (Wildman–Crippen MR) is 58.2 cm³/mol. The molecule has 1 aromatic carbocycles. The Morgan fingerprint density at radius 3 is 1.95 bits per heavy atom. The predicted octanol–water partition coefficient (Wildman–Crippen LogP) is -6.48. The van der Waals surface area contributed by atoms with Gasteiger partial charge in [-0.15, -0.1) is 0 Å². The van der Waals surface area contributed by atoms with E-state index in [0.717, 1.165) is 12.5 Å². The first-order valence-corrected chi connectivity index (χ1v) is 4.89. The molecule has 4 nitrogen and oxygen atoms in total. The Kier molecular flexibility index (Phi) is 11.5. The van der Waals surface area contributed by atoms with E-state index in [2.05, 4.69) is 0 Å². The average molecular weight is 276 g/mol. The minimum atomic E-state index is -1.54. The molecule has 0 atom stereocenters. The van der Waals surface area contributed by atoms with Crippen LogP contribution in [-0.2, 0) is 9.59 Å². The van der Waals surface area contributed by atoms with Gasteiger partial charge < -0.3 is 19.8 Å². The Balaban J connectivity index is 0. The molecule has 0 aliphatic carbocycles. The van der Waals surface area contributed by atoms with E-state index in [-0.39, 0.29) is 64.7 Å². The average Bonchev–Trinajstić information content (AvgIpc) is 2.29. The molecule has 88 valence electrons. The molecule has 0 aliphatic heterocycles. The number of benzene rings is 1. The maximum atomic E-state index is 10.8. The zero-order valence-electron chi connectivity index (χ0n) is 11.2. The third kappa shape index (κ3) is 7.11. The SMILES string of the molecule is C/C(C(=O)[O-])=C(\C=Cc1ccccc1)C(=O)[O-].[Na+].[Na+]. The van der Waals surface area contributed by atoms with Crippen molar-refractivity contribution in [3.05, 3.63) is 53.1 Å². The standard InChI is InChI=1S/C13H12O4.2Na/c1-9(12(14)15)11(13(16)17)8-7-10-5-3-2-4-6-10;;/h2-8H,1H3,(H,14,15)(H,16,17);;/q;2*+1/p-2/b8-7?,11-9-;;. The van der Waals surface area contributed by atoms with Gasteiger partial charge in [-0.05, 0) is 18.1 Å². The molecule has 0 fully saturated rings. The zero-order chi connectivity index (χ0) is 12.8. The fourth-order valence-corrected chi connectivity index (χ4v) is 1.20. The number of hydrogen-bond acceptors (Lipinski definition) is 4. The summed E-state index contributed by atoms with van der Waals surface area (Å²) < 4.78 is 0. The first-order valence-electron chi connectivity index (χ1n) is 4.89. The van der Waals surface area contributed by atoms with E-state index in [4.69, 9.17) is 0 Å². The second-order valence-electron chi connectivity index (χ2n) is 3.36. The number of hydrogen-bond donors (Lipinski definition) is 0. The molecule has 0 heterocycles. The number of aliphatic carboxylic acids is 2. The van der Waals surface area contributed by atoms with Crippen LogP contribution < -0.4 is 69.3 Å². The fraction of sp³-hybridized carbons (Fsp3) is 0.0769.